The Hall–Kier alpha value is -0.470. The van der Waals surface area contributed by atoms with Gasteiger partial charge in [0.1, 0.15) is 0 Å². The molecular weight excluding hydrogens is 344 g/mol. The van der Waals surface area contributed by atoms with Crippen LogP contribution in [0.5, 0.6) is 0 Å². The van der Waals surface area contributed by atoms with Gasteiger partial charge in [-0.05, 0) is 27.8 Å². The molecule has 0 amide bonds. The number of unbranched alkanes of at least 4 members (excludes halogenated alkanes) is 2. The molecule has 0 saturated carbocycles. The number of rotatable bonds is 8. The molecule has 1 N–H and O–H groups in total. The fourth-order valence-electron chi connectivity index (χ4n) is 1.91. The SMILES string of the molecule is CCCCCC(C)(C)CNS(=O)(=O)c1c(Br)nnn1C. The van der Waals surface area contributed by atoms with E-state index in [1.807, 2.05) is 0 Å². The lowest BCUT2D eigenvalue weighted by molar-refractivity contribution is 0.320. The Balaban J connectivity index is 2.69. The van der Waals surface area contributed by atoms with E-state index in [0.717, 1.165) is 19.3 Å². The second kappa shape index (κ2) is 7.00. The van der Waals surface area contributed by atoms with Crippen molar-refractivity contribution in [3.63, 3.8) is 0 Å². The zero-order valence-corrected chi connectivity index (χ0v) is 14.9. The van der Waals surface area contributed by atoms with Crippen molar-refractivity contribution in [2.75, 3.05) is 6.54 Å². The Morgan fingerprint density at radius 3 is 2.50 bits per heavy atom. The van der Waals surface area contributed by atoms with Gasteiger partial charge in [0.15, 0.2) is 4.60 Å². The molecule has 0 aliphatic rings. The van der Waals surface area contributed by atoms with E-state index in [9.17, 15) is 8.42 Å². The predicted octanol–water partition coefficient (Wildman–Crippen LogP) is 2.46. The summed E-state index contributed by atoms with van der Waals surface area (Å²) in [5.41, 5.74) is -0.0687. The van der Waals surface area contributed by atoms with Crippen molar-refractivity contribution in [3.8, 4) is 0 Å². The molecule has 0 atom stereocenters. The smallest absolute Gasteiger partial charge is 0.235 e. The molecule has 1 heterocycles. The Labute approximate surface area is 129 Å². The fraction of sp³-hybridized carbons (Fsp3) is 0.833. The molecule has 8 heteroatoms. The summed E-state index contributed by atoms with van der Waals surface area (Å²) in [6.45, 7) is 6.70. The summed E-state index contributed by atoms with van der Waals surface area (Å²) < 4.78 is 28.7. The van der Waals surface area contributed by atoms with E-state index in [2.05, 4.69) is 51.7 Å². The highest BCUT2D eigenvalue weighted by atomic mass is 79.9. The number of nitrogens with one attached hydrogen (secondary N) is 1. The summed E-state index contributed by atoms with van der Waals surface area (Å²) in [6.07, 6.45) is 4.44. The van der Waals surface area contributed by atoms with E-state index in [1.54, 1.807) is 7.05 Å². The van der Waals surface area contributed by atoms with E-state index in [-0.39, 0.29) is 15.0 Å². The maximum atomic E-state index is 12.3. The van der Waals surface area contributed by atoms with Gasteiger partial charge in [0.05, 0.1) is 0 Å². The molecule has 1 aromatic rings. The van der Waals surface area contributed by atoms with Crippen LogP contribution in [-0.4, -0.2) is 30.0 Å². The summed E-state index contributed by atoms with van der Waals surface area (Å²) in [7, 11) is -2.05. The molecule has 0 spiro atoms. The molecule has 116 valence electrons. The highest BCUT2D eigenvalue weighted by Crippen LogP contribution is 2.24. The third-order valence-corrected chi connectivity index (χ3v) is 5.48. The normalized spacial score (nSPS) is 12.8. The average Bonchev–Trinajstić information content (AvgIpc) is 2.68. The van der Waals surface area contributed by atoms with E-state index < -0.39 is 10.0 Å². The lowest BCUT2D eigenvalue weighted by atomic mass is 9.87. The molecule has 1 rings (SSSR count). The van der Waals surface area contributed by atoms with Crippen molar-refractivity contribution in [3.05, 3.63) is 4.60 Å². The lowest BCUT2D eigenvalue weighted by Crippen LogP contribution is -2.35. The van der Waals surface area contributed by atoms with Gasteiger partial charge in [-0.3, -0.25) is 0 Å². The van der Waals surface area contributed by atoms with Gasteiger partial charge in [0.2, 0.25) is 5.03 Å². The number of halogens is 1. The lowest BCUT2D eigenvalue weighted by Gasteiger charge is -2.24. The Bertz CT molecular complexity index is 520. The monoisotopic (exact) mass is 366 g/mol. The predicted molar refractivity (Wildman–Crippen MR) is 81.8 cm³/mol. The first-order valence-electron chi connectivity index (χ1n) is 6.74. The fourth-order valence-corrected chi connectivity index (χ4v) is 4.24. The van der Waals surface area contributed by atoms with Crippen LogP contribution in [0, 0.1) is 5.41 Å². The van der Waals surface area contributed by atoms with Crippen LogP contribution in [0.15, 0.2) is 9.63 Å². The van der Waals surface area contributed by atoms with E-state index in [1.165, 1.54) is 11.1 Å². The van der Waals surface area contributed by atoms with Crippen molar-refractivity contribution in [2.24, 2.45) is 12.5 Å². The minimum atomic E-state index is -3.60. The number of sulfonamides is 1. The van der Waals surface area contributed by atoms with Crippen LogP contribution in [-0.2, 0) is 17.1 Å². The highest BCUT2D eigenvalue weighted by molar-refractivity contribution is 9.10. The molecule has 0 aliphatic heterocycles. The van der Waals surface area contributed by atoms with Crippen LogP contribution in [0.1, 0.15) is 46.5 Å². The van der Waals surface area contributed by atoms with Crippen LogP contribution < -0.4 is 4.72 Å². The van der Waals surface area contributed by atoms with Crippen LogP contribution in [0.3, 0.4) is 0 Å². The molecule has 0 unspecified atom stereocenters. The first kappa shape index (κ1) is 17.6. The summed E-state index contributed by atoms with van der Waals surface area (Å²) in [5.74, 6) is 0. The van der Waals surface area contributed by atoms with Crippen LogP contribution in [0.2, 0.25) is 0 Å². The van der Waals surface area contributed by atoms with E-state index >= 15 is 0 Å². The number of nitrogens with zero attached hydrogens (tertiary/aromatic N) is 3. The van der Waals surface area contributed by atoms with Crippen molar-refractivity contribution >= 4 is 26.0 Å². The third kappa shape index (κ3) is 4.82. The van der Waals surface area contributed by atoms with Crippen molar-refractivity contribution < 1.29 is 8.42 Å². The zero-order chi connectivity index (χ0) is 15.4. The second-order valence-corrected chi connectivity index (χ2v) is 8.19. The van der Waals surface area contributed by atoms with E-state index in [4.69, 9.17) is 0 Å². The molecule has 6 nitrogen and oxygen atoms in total. The molecule has 0 radical (unpaired) electrons. The number of aryl methyl sites for hydroxylation is 1. The molecule has 20 heavy (non-hydrogen) atoms. The first-order valence-corrected chi connectivity index (χ1v) is 9.02. The Morgan fingerprint density at radius 1 is 1.35 bits per heavy atom. The van der Waals surface area contributed by atoms with Gasteiger partial charge in [0.25, 0.3) is 10.0 Å². The molecule has 1 aromatic heterocycles. The maximum absolute atomic E-state index is 12.3. The van der Waals surface area contributed by atoms with Crippen molar-refractivity contribution in [2.45, 2.75) is 51.5 Å². The van der Waals surface area contributed by atoms with Gasteiger partial charge in [-0.25, -0.2) is 17.8 Å². The quantitative estimate of drug-likeness (QED) is 0.716. The highest BCUT2D eigenvalue weighted by Gasteiger charge is 2.26. The van der Waals surface area contributed by atoms with Gasteiger partial charge in [-0.1, -0.05) is 45.2 Å². The standard InChI is InChI=1S/C12H23BrN4O2S/c1-5-6-7-8-12(2,3)9-14-20(18,19)11-10(13)15-16-17(11)4/h14H,5-9H2,1-4H3. The topological polar surface area (TPSA) is 76.9 Å². The number of aromatic nitrogens is 3. The van der Waals surface area contributed by atoms with Gasteiger partial charge >= 0.3 is 0 Å². The molecule has 0 aliphatic carbocycles. The maximum Gasteiger partial charge on any atom is 0.260 e. The van der Waals surface area contributed by atoms with Crippen LogP contribution in [0.4, 0.5) is 0 Å². The van der Waals surface area contributed by atoms with Gasteiger partial charge < -0.3 is 0 Å². The summed E-state index contributed by atoms with van der Waals surface area (Å²) in [5, 5.41) is 7.44. The van der Waals surface area contributed by atoms with Gasteiger partial charge in [-0.15, -0.1) is 5.10 Å². The number of hydrogen-bond acceptors (Lipinski definition) is 4. The average molecular weight is 367 g/mol. The molecule has 0 fully saturated rings. The second-order valence-electron chi connectivity index (χ2n) is 5.75. The van der Waals surface area contributed by atoms with Crippen LogP contribution in [0.25, 0.3) is 0 Å². The zero-order valence-electron chi connectivity index (χ0n) is 12.5. The van der Waals surface area contributed by atoms with Gasteiger partial charge in [-0.2, -0.15) is 0 Å². The van der Waals surface area contributed by atoms with Gasteiger partial charge in [0, 0.05) is 13.6 Å². The molecule has 0 saturated heterocycles. The summed E-state index contributed by atoms with van der Waals surface area (Å²) >= 11 is 3.11. The summed E-state index contributed by atoms with van der Waals surface area (Å²) in [6, 6.07) is 0. The Morgan fingerprint density at radius 2 is 2.00 bits per heavy atom. The largest absolute Gasteiger partial charge is 0.260 e. The minimum absolute atomic E-state index is 0.0573. The molecule has 0 bridgehead atoms. The first-order chi connectivity index (χ1) is 9.19. The molecular formula is C12H23BrN4O2S. The van der Waals surface area contributed by atoms with Crippen molar-refractivity contribution in [1.82, 2.24) is 19.7 Å². The summed E-state index contributed by atoms with van der Waals surface area (Å²) in [4.78, 5) is 0. The van der Waals surface area contributed by atoms with Crippen LogP contribution >= 0.6 is 15.9 Å². The van der Waals surface area contributed by atoms with E-state index in [0.29, 0.717) is 6.54 Å². The Kier molecular flexibility index (Phi) is 6.15. The minimum Gasteiger partial charge on any atom is -0.235 e. The third-order valence-electron chi connectivity index (χ3n) is 3.19. The molecule has 0 aromatic carbocycles. The number of hydrogen-bond donors (Lipinski definition) is 1. The van der Waals surface area contributed by atoms with Crippen molar-refractivity contribution in [1.29, 1.82) is 0 Å².